The highest BCUT2D eigenvalue weighted by Crippen LogP contribution is 2.40. The van der Waals surface area contributed by atoms with Gasteiger partial charge in [-0.2, -0.15) is 0 Å². The molecule has 1 aliphatic carbocycles. The van der Waals surface area contributed by atoms with Crippen molar-refractivity contribution in [2.24, 2.45) is 5.41 Å². The predicted octanol–water partition coefficient (Wildman–Crippen LogP) is 6.43. The van der Waals surface area contributed by atoms with Crippen LogP contribution in [0.15, 0.2) is 65.3 Å². The third-order valence-corrected chi connectivity index (χ3v) is 4.63. The van der Waals surface area contributed by atoms with Gasteiger partial charge in [-0.3, -0.25) is 0 Å². The summed E-state index contributed by atoms with van der Waals surface area (Å²) in [5, 5.41) is 9.74. The van der Waals surface area contributed by atoms with Crippen molar-refractivity contribution >= 4 is 6.08 Å². The Morgan fingerprint density at radius 3 is 2.61 bits per heavy atom. The summed E-state index contributed by atoms with van der Waals surface area (Å²) < 4.78 is 0. The first kappa shape index (κ1) is 17.3. The summed E-state index contributed by atoms with van der Waals surface area (Å²) >= 11 is 0. The molecule has 1 aliphatic rings. The third kappa shape index (κ3) is 4.72. The maximum Gasteiger partial charge on any atom is 0.122 e. The molecule has 0 bridgehead atoms. The molecule has 1 aromatic carbocycles. The number of para-hydroxylation sites is 1. The largest absolute Gasteiger partial charge is 0.507 e. The highest BCUT2D eigenvalue weighted by Gasteiger charge is 2.26. The molecule has 0 saturated carbocycles. The first-order chi connectivity index (χ1) is 10.9. The molecule has 0 spiro atoms. The number of phenols is 1. The quantitative estimate of drug-likeness (QED) is 0.635. The van der Waals surface area contributed by atoms with E-state index < -0.39 is 0 Å². The molecule has 0 aromatic heterocycles. The maximum absolute atomic E-state index is 9.74. The zero-order valence-electron chi connectivity index (χ0n) is 14.8. The summed E-state index contributed by atoms with van der Waals surface area (Å²) in [6, 6.07) is 7.37. The minimum atomic E-state index is 0.283. The summed E-state index contributed by atoms with van der Waals surface area (Å²) in [7, 11) is 0. The Morgan fingerprint density at radius 1 is 1.17 bits per heavy atom. The van der Waals surface area contributed by atoms with Crippen molar-refractivity contribution in [3.8, 4) is 5.75 Å². The van der Waals surface area contributed by atoms with Crippen molar-refractivity contribution in [2.75, 3.05) is 0 Å². The highest BCUT2D eigenvalue weighted by atomic mass is 16.3. The van der Waals surface area contributed by atoms with Crippen molar-refractivity contribution < 1.29 is 5.11 Å². The molecule has 122 valence electrons. The van der Waals surface area contributed by atoms with Gasteiger partial charge in [0.1, 0.15) is 5.75 Å². The molecule has 0 aliphatic heterocycles. The zero-order chi connectivity index (χ0) is 16.9. The number of benzene rings is 1. The van der Waals surface area contributed by atoms with E-state index in [0.29, 0.717) is 5.75 Å². The Labute approximate surface area is 140 Å². The van der Waals surface area contributed by atoms with E-state index in [-0.39, 0.29) is 5.41 Å². The van der Waals surface area contributed by atoms with Gasteiger partial charge in [0.05, 0.1) is 0 Å². The van der Waals surface area contributed by atoms with E-state index in [1.165, 1.54) is 36.0 Å². The van der Waals surface area contributed by atoms with Gasteiger partial charge >= 0.3 is 0 Å². The van der Waals surface area contributed by atoms with Crippen LogP contribution in [0.5, 0.6) is 5.75 Å². The number of hydrogen-bond acceptors (Lipinski definition) is 1. The lowest BCUT2D eigenvalue weighted by atomic mass is 9.72. The summed E-state index contributed by atoms with van der Waals surface area (Å²) in [5.74, 6) is 0.315. The smallest absolute Gasteiger partial charge is 0.122 e. The lowest BCUT2D eigenvalue weighted by Crippen LogP contribution is -2.19. The first-order valence-electron chi connectivity index (χ1n) is 8.41. The van der Waals surface area contributed by atoms with Crippen molar-refractivity contribution in [1.82, 2.24) is 0 Å². The molecule has 0 unspecified atom stereocenters. The highest BCUT2D eigenvalue weighted by molar-refractivity contribution is 5.58. The number of rotatable bonds is 4. The van der Waals surface area contributed by atoms with Crippen LogP contribution >= 0.6 is 0 Å². The van der Waals surface area contributed by atoms with Crippen LogP contribution in [0.25, 0.3) is 6.08 Å². The van der Waals surface area contributed by atoms with E-state index in [1.54, 1.807) is 6.07 Å². The summed E-state index contributed by atoms with van der Waals surface area (Å²) in [4.78, 5) is 0. The molecule has 0 amide bonds. The fourth-order valence-corrected chi connectivity index (χ4v) is 3.21. The molecule has 0 radical (unpaired) electrons. The Kier molecular flexibility index (Phi) is 5.65. The zero-order valence-corrected chi connectivity index (χ0v) is 14.8. The van der Waals surface area contributed by atoms with E-state index in [2.05, 4.69) is 45.9 Å². The number of phenolic OH excluding ortho intramolecular Hbond substituents is 1. The van der Waals surface area contributed by atoms with Crippen molar-refractivity contribution in [3.05, 3.63) is 70.9 Å². The number of allylic oxidation sites excluding steroid dienone is 7. The standard InChI is InChI=1S/C22H28O/c1-17(9-7-12-19-11-5-6-13-21(19)23)14-15-20-18(2)10-8-16-22(20,3)4/h5-7,9,11-15,23H,8,10,16H2,1-4H3/b12-7+,15-14?,17-9?. The lowest BCUT2D eigenvalue weighted by Gasteiger charge is -2.32. The van der Waals surface area contributed by atoms with E-state index >= 15 is 0 Å². The van der Waals surface area contributed by atoms with Gasteiger partial charge in [-0.1, -0.05) is 73.6 Å². The molecule has 0 fully saturated rings. The molecular formula is C22H28O. The molecule has 1 aromatic rings. The van der Waals surface area contributed by atoms with Crippen LogP contribution in [0, 0.1) is 5.41 Å². The fraction of sp³-hybridized carbons (Fsp3) is 0.364. The van der Waals surface area contributed by atoms with Crippen LogP contribution in [-0.4, -0.2) is 5.11 Å². The second-order valence-corrected chi connectivity index (χ2v) is 7.09. The van der Waals surface area contributed by atoms with Crippen LogP contribution in [0.1, 0.15) is 52.5 Å². The summed E-state index contributed by atoms with van der Waals surface area (Å²) in [6.45, 7) is 9.05. The van der Waals surface area contributed by atoms with Crippen LogP contribution < -0.4 is 0 Å². The van der Waals surface area contributed by atoms with Gasteiger partial charge in [0.15, 0.2) is 0 Å². The third-order valence-electron chi connectivity index (χ3n) is 4.63. The normalized spacial score (nSPS) is 19.0. The molecule has 1 N–H and O–H groups in total. The van der Waals surface area contributed by atoms with Gasteiger partial charge in [-0.15, -0.1) is 0 Å². The maximum atomic E-state index is 9.74. The van der Waals surface area contributed by atoms with E-state index in [4.69, 9.17) is 0 Å². The lowest BCUT2D eigenvalue weighted by molar-refractivity contribution is 0.377. The Balaban J connectivity index is 2.09. The summed E-state index contributed by atoms with van der Waals surface area (Å²) in [6.07, 6.45) is 14.3. The van der Waals surface area contributed by atoms with E-state index in [1.807, 2.05) is 30.4 Å². The van der Waals surface area contributed by atoms with Gasteiger partial charge in [-0.25, -0.2) is 0 Å². The molecule has 0 atom stereocenters. The molecule has 1 nitrogen and oxygen atoms in total. The average molecular weight is 308 g/mol. The van der Waals surface area contributed by atoms with Gasteiger partial charge < -0.3 is 5.11 Å². The van der Waals surface area contributed by atoms with Gasteiger partial charge in [0.25, 0.3) is 0 Å². The molecule has 0 saturated heterocycles. The van der Waals surface area contributed by atoms with Crippen LogP contribution in [-0.2, 0) is 0 Å². The second-order valence-electron chi connectivity index (χ2n) is 7.09. The molecule has 0 heterocycles. The number of hydrogen-bond donors (Lipinski definition) is 1. The second kappa shape index (κ2) is 7.50. The molecule has 23 heavy (non-hydrogen) atoms. The van der Waals surface area contributed by atoms with Gasteiger partial charge in [0.2, 0.25) is 0 Å². The topological polar surface area (TPSA) is 20.2 Å². The minimum absolute atomic E-state index is 0.283. The Bertz CT molecular complexity index is 669. The van der Waals surface area contributed by atoms with Crippen LogP contribution in [0.2, 0.25) is 0 Å². The Hall–Kier alpha value is -2.02. The average Bonchev–Trinajstić information content (AvgIpc) is 2.48. The monoisotopic (exact) mass is 308 g/mol. The fourth-order valence-electron chi connectivity index (χ4n) is 3.21. The van der Waals surface area contributed by atoms with Crippen LogP contribution in [0.4, 0.5) is 0 Å². The van der Waals surface area contributed by atoms with E-state index in [0.717, 1.165) is 5.56 Å². The minimum Gasteiger partial charge on any atom is -0.507 e. The van der Waals surface area contributed by atoms with Gasteiger partial charge in [0, 0.05) is 5.56 Å². The van der Waals surface area contributed by atoms with Crippen molar-refractivity contribution in [1.29, 1.82) is 0 Å². The molecular weight excluding hydrogens is 280 g/mol. The SMILES string of the molecule is CC(C=CC1=C(C)CCCC1(C)C)=C/C=C/c1ccccc1O. The molecule has 1 heteroatoms. The Morgan fingerprint density at radius 2 is 1.91 bits per heavy atom. The van der Waals surface area contributed by atoms with Crippen molar-refractivity contribution in [2.45, 2.75) is 47.0 Å². The van der Waals surface area contributed by atoms with E-state index in [9.17, 15) is 5.11 Å². The van der Waals surface area contributed by atoms with Crippen LogP contribution in [0.3, 0.4) is 0 Å². The first-order valence-corrected chi connectivity index (χ1v) is 8.41. The van der Waals surface area contributed by atoms with Gasteiger partial charge in [-0.05, 0) is 50.2 Å². The summed E-state index contributed by atoms with van der Waals surface area (Å²) in [5.41, 5.74) is 5.34. The predicted molar refractivity (Wildman–Crippen MR) is 100 cm³/mol. The molecule has 2 rings (SSSR count). The van der Waals surface area contributed by atoms with Crippen molar-refractivity contribution in [3.63, 3.8) is 0 Å². The number of aromatic hydroxyl groups is 1.